The van der Waals surface area contributed by atoms with Gasteiger partial charge in [0, 0.05) is 6.20 Å². The third-order valence-corrected chi connectivity index (χ3v) is 1.76. The minimum Gasteiger partial charge on any atom is -0.464 e. The average Bonchev–Trinajstić information content (AvgIpc) is 2.35. The molecule has 0 spiro atoms. The highest BCUT2D eigenvalue weighted by Crippen LogP contribution is 2.07. The van der Waals surface area contributed by atoms with Crippen molar-refractivity contribution in [2.45, 2.75) is 6.61 Å². The predicted molar refractivity (Wildman–Crippen MR) is 53.5 cm³/mol. The lowest BCUT2D eigenvalue weighted by atomic mass is 10.1. The van der Waals surface area contributed by atoms with Crippen molar-refractivity contribution < 1.29 is 19.5 Å². The molecule has 0 aromatic carbocycles. The second-order valence-corrected chi connectivity index (χ2v) is 2.66. The maximum Gasteiger partial charge on any atom is 0.360 e. The van der Waals surface area contributed by atoms with E-state index in [1.54, 1.807) is 0 Å². The molecule has 0 saturated heterocycles. The average molecular weight is 225 g/mol. The SMILES string of the molecule is CO/N=C(/C(=O)OC)c1cncnc1CO. The van der Waals surface area contributed by atoms with Gasteiger partial charge < -0.3 is 14.7 Å². The van der Waals surface area contributed by atoms with Crippen molar-refractivity contribution in [1.82, 2.24) is 9.97 Å². The van der Waals surface area contributed by atoms with Crippen LogP contribution in [0.2, 0.25) is 0 Å². The van der Waals surface area contributed by atoms with E-state index >= 15 is 0 Å². The van der Waals surface area contributed by atoms with Crippen LogP contribution in [0.3, 0.4) is 0 Å². The van der Waals surface area contributed by atoms with Crippen molar-refractivity contribution in [2.75, 3.05) is 14.2 Å². The van der Waals surface area contributed by atoms with Crippen LogP contribution < -0.4 is 0 Å². The smallest absolute Gasteiger partial charge is 0.360 e. The van der Waals surface area contributed by atoms with E-state index in [2.05, 4.69) is 24.7 Å². The van der Waals surface area contributed by atoms with Crippen molar-refractivity contribution in [3.8, 4) is 0 Å². The lowest BCUT2D eigenvalue weighted by Crippen LogP contribution is -2.20. The van der Waals surface area contributed by atoms with Gasteiger partial charge in [0.25, 0.3) is 0 Å². The number of rotatable bonds is 4. The van der Waals surface area contributed by atoms with Gasteiger partial charge in [0.05, 0.1) is 25.0 Å². The summed E-state index contributed by atoms with van der Waals surface area (Å²) in [5, 5.41) is 12.6. The Balaban J connectivity index is 3.21. The van der Waals surface area contributed by atoms with Crippen LogP contribution in [0, 0.1) is 0 Å². The molecule has 0 aliphatic carbocycles. The number of hydrogen-bond acceptors (Lipinski definition) is 7. The first-order valence-corrected chi connectivity index (χ1v) is 4.34. The Labute approximate surface area is 91.7 Å². The van der Waals surface area contributed by atoms with E-state index in [1.165, 1.54) is 26.7 Å². The van der Waals surface area contributed by atoms with Gasteiger partial charge in [-0.3, -0.25) is 0 Å². The van der Waals surface area contributed by atoms with Gasteiger partial charge in [-0.1, -0.05) is 5.16 Å². The molecule has 0 fully saturated rings. The fraction of sp³-hybridized carbons (Fsp3) is 0.333. The molecule has 0 amide bonds. The standard InChI is InChI=1S/C9H11N3O4/c1-15-9(14)8(12-16-2)6-3-10-5-11-7(6)4-13/h3,5,13H,4H2,1-2H3/b12-8+. The summed E-state index contributed by atoms with van der Waals surface area (Å²) >= 11 is 0. The molecule has 1 heterocycles. The summed E-state index contributed by atoms with van der Waals surface area (Å²) in [4.78, 5) is 23.5. The molecule has 0 aliphatic rings. The topological polar surface area (TPSA) is 93.9 Å². The maximum absolute atomic E-state index is 11.4. The number of methoxy groups -OCH3 is 1. The Bertz CT molecular complexity index is 405. The summed E-state index contributed by atoms with van der Waals surface area (Å²) in [5.41, 5.74) is 0.463. The number of carbonyl (C=O) groups is 1. The number of ether oxygens (including phenoxy) is 1. The van der Waals surface area contributed by atoms with Crippen LogP contribution in [0.25, 0.3) is 0 Å². The molecule has 1 rings (SSSR count). The van der Waals surface area contributed by atoms with Crippen LogP contribution in [0.4, 0.5) is 0 Å². The molecule has 7 heteroatoms. The highest BCUT2D eigenvalue weighted by Gasteiger charge is 2.19. The molecule has 0 unspecified atom stereocenters. The van der Waals surface area contributed by atoms with Crippen molar-refractivity contribution in [3.63, 3.8) is 0 Å². The van der Waals surface area contributed by atoms with E-state index < -0.39 is 5.97 Å². The van der Waals surface area contributed by atoms with Crippen LogP contribution in [-0.4, -0.2) is 41.0 Å². The number of nitrogens with zero attached hydrogens (tertiary/aromatic N) is 3. The summed E-state index contributed by atoms with van der Waals surface area (Å²) in [6.07, 6.45) is 2.62. The number of aliphatic hydroxyl groups excluding tert-OH is 1. The molecule has 1 N–H and O–H groups in total. The lowest BCUT2D eigenvalue weighted by Gasteiger charge is -2.06. The number of aromatic nitrogens is 2. The number of hydrogen-bond donors (Lipinski definition) is 1. The van der Waals surface area contributed by atoms with Crippen LogP contribution >= 0.6 is 0 Å². The van der Waals surface area contributed by atoms with Crippen molar-refractivity contribution in [3.05, 3.63) is 23.8 Å². The second-order valence-electron chi connectivity index (χ2n) is 2.66. The van der Waals surface area contributed by atoms with Gasteiger partial charge in [-0.15, -0.1) is 0 Å². The third kappa shape index (κ3) is 2.51. The monoisotopic (exact) mass is 225 g/mol. The quantitative estimate of drug-likeness (QED) is 0.421. The zero-order chi connectivity index (χ0) is 12.0. The fourth-order valence-corrected chi connectivity index (χ4v) is 1.06. The minimum atomic E-state index is -0.689. The summed E-state index contributed by atoms with van der Waals surface area (Å²) in [7, 11) is 2.52. The first-order chi connectivity index (χ1) is 7.74. The summed E-state index contributed by atoms with van der Waals surface area (Å²) < 4.78 is 4.53. The van der Waals surface area contributed by atoms with Gasteiger partial charge in [-0.25, -0.2) is 14.8 Å². The number of carbonyl (C=O) groups excluding carboxylic acids is 1. The van der Waals surface area contributed by atoms with Crippen molar-refractivity contribution >= 4 is 11.7 Å². The van der Waals surface area contributed by atoms with Crippen LogP contribution in [0.15, 0.2) is 17.7 Å². The van der Waals surface area contributed by atoms with E-state index in [9.17, 15) is 4.79 Å². The Kier molecular flexibility index (Phi) is 4.34. The third-order valence-electron chi connectivity index (χ3n) is 1.76. The molecule has 7 nitrogen and oxygen atoms in total. The molecule has 1 aromatic heterocycles. The van der Waals surface area contributed by atoms with Crippen molar-refractivity contribution in [1.29, 1.82) is 0 Å². The van der Waals surface area contributed by atoms with Crippen molar-refractivity contribution in [2.24, 2.45) is 5.16 Å². The Morgan fingerprint density at radius 3 is 2.88 bits per heavy atom. The van der Waals surface area contributed by atoms with E-state index in [0.29, 0.717) is 0 Å². The molecule has 0 atom stereocenters. The van der Waals surface area contributed by atoms with Crippen LogP contribution in [0.1, 0.15) is 11.3 Å². The molecule has 0 bridgehead atoms. The molecule has 0 saturated carbocycles. The Morgan fingerprint density at radius 2 is 2.31 bits per heavy atom. The Hall–Kier alpha value is -2.02. The molecular formula is C9H11N3O4. The number of esters is 1. The highest BCUT2D eigenvalue weighted by atomic mass is 16.6. The normalized spacial score (nSPS) is 11.1. The van der Waals surface area contributed by atoms with Gasteiger partial charge in [0.15, 0.2) is 5.71 Å². The fourth-order valence-electron chi connectivity index (χ4n) is 1.06. The molecule has 16 heavy (non-hydrogen) atoms. The summed E-state index contributed by atoms with van der Waals surface area (Å²) in [5.74, 6) is -0.689. The van der Waals surface area contributed by atoms with E-state index in [1.807, 2.05) is 0 Å². The Morgan fingerprint density at radius 1 is 1.56 bits per heavy atom. The van der Waals surface area contributed by atoms with Gasteiger partial charge in [0.1, 0.15) is 13.4 Å². The minimum absolute atomic E-state index is 0.0883. The highest BCUT2D eigenvalue weighted by molar-refractivity contribution is 6.43. The predicted octanol–water partition coefficient (Wildman–Crippen LogP) is -0.508. The molecule has 86 valence electrons. The van der Waals surface area contributed by atoms with Gasteiger partial charge in [-0.05, 0) is 0 Å². The van der Waals surface area contributed by atoms with Gasteiger partial charge in [0.2, 0.25) is 0 Å². The molecule has 0 radical (unpaired) electrons. The van der Waals surface area contributed by atoms with Gasteiger partial charge >= 0.3 is 5.97 Å². The summed E-state index contributed by atoms with van der Waals surface area (Å²) in [6.45, 7) is -0.336. The first-order valence-electron chi connectivity index (χ1n) is 4.34. The zero-order valence-electron chi connectivity index (χ0n) is 8.88. The number of aliphatic hydroxyl groups is 1. The molecular weight excluding hydrogens is 214 g/mol. The second kappa shape index (κ2) is 5.76. The zero-order valence-corrected chi connectivity index (χ0v) is 8.88. The largest absolute Gasteiger partial charge is 0.464 e. The number of oxime groups is 1. The first kappa shape index (κ1) is 12.1. The van der Waals surface area contributed by atoms with E-state index in [0.717, 1.165) is 0 Å². The van der Waals surface area contributed by atoms with Crippen LogP contribution in [-0.2, 0) is 21.0 Å². The lowest BCUT2D eigenvalue weighted by molar-refractivity contribution is -0.132. The molecule has 1 aromatic rings. The maximum atomic E-state index is 11.4. The molecule has 0 aliphatic heterocycles. The van der Waals surface area contributed by atoms with Crippen LogP contribution in [0.5, 0.6) is 0 Å². The van der Waals surface area contributed by atoms with E-state index in [4.69, 9.17) is 5.11 Å². The summed E-state index contributed by atoms with van der Waals surface area (Å²) in [6, 6.07) is 0. The van der Waals surface area contributed by atoms with Gasteiger partial charge in [-0.2, -0.15) is 0 Å². The van der Waals surface area contributed by atoms with E-state index in [-0.39, 0.29) is 23.6 Å².